The van der Waals surface area contributed by atoms with Gasteiger partial charge in [-0.1, -0.05) is 59.2 Å². The highest BCUT2D eigenvalue weighted by Crippen LogP contribution is 2.57. The van der Waals surface area contributed by atoms with Crippen molar-refractivity contribution in [2.24, 2.45) is 11.8 Å². The maximum atomic E-state index is 13.1. The van der Waals surface area contributed by atoms with Crippen LogP contribution in [0.2, 0.25) is 0 Å². The molecule has 0 aromatic heterocycles. The Hall–Kier alpha value is -1.91. The molecule has 1 saturated carbocycles. The number of benzene rings is 2. The van der Waals surface area contributed by atoms with E-state index in [-0.39, 0.29) is 0 Å². The van der Waals surface area contributed by atoms with Crippen molar-refractivity contribution in [3.8, 4) is 0 Å². The van der Waals surface area contributed by atoms with Crippen molar-refractivity contribution in [1.82, 2.24) is 4.31 Å². The van der Waals surface area contributed by atoms with E-state index in [1.165, 1.54) is 16.7 Å². The molecule has 0 bridgehead atoms. The van der Waals surface area contributed by atoms with Gasteiger partial charge in [0.25, 0.3) is 0 Å². The third kappa shape index (κ3) is 2.72. The first-order valence-electron chi connectivity index (χ1n) is 9.18. The Balaban J connectivity index is 1.65. The molecule has 2 fully saturated rings. The summed E-state index contributed by atoms with van der Waals surface area (Å²) >= 11 is 0. The van der Waals surface area contributed by atoms with Crippen molar-refractivity contribution < 1.29 is 8.42 Å². The number of hydrogen-bond acceptors (Lipinski definition) is 2. The zero-order valence-electron chi connectivity index (χ0n) is 15.5. The minimum Gasteiger partial charge on any atom is -0.207 e. The quantitative estimate of drug-likeness (QED) is 0.756. The van der Waals surface area contributed by atoms with E-state index < -0.39 is 10.0 Å². The number of aryl methyl sites for hydroxylation is 1. The third-order valence-electron chi connectivity index (χ3n) is 5.89. The molecule has 3 atom stereocenters. The van der Waals surface area contributed by atoms with E-state index in [1.807, 2.05) is 25.1 Å². The number of nitrogens with zero attached hydrogens (tertiary/aromatic N) is 1. The van der Waals surface area contributed by atoms with E-state index in [9.17, 15) is 8.42 Å². The molecule has 1 heterocycles. The number of hydrogen-bond donors (Lipinski definition) is 0. The van der Waals surface area contributed by atoms with Gasteiger partial charge < -0.3 is 0 Å². The highest BCUT2D eigenvalue weighted by Gasteiger charge is 2.54. The topological polar surface area (TPSA) is 37.4 Å². The Bertz CT molecular complexity index is 941. The summed E-state index contributed by atoms with van der Waals surface area (Å²) in [5.41, 5.74) is 5.14. The molecule has 4 rings (SSSR count). The summed E-state index contributed by atoms with van der Waals surface area (Å²) < 4.78 is 27.9. The average molecular weight is 368 g/mol. The summed E-state index contributed by atoms with van der Waals surface area (Å²) in [5.74, 6) is 1.08. The van der Waals surface area contributed by atoms with Crippen molar-refractivity contribution in [3.05, 3.63) is 76.9 Å². The van der Waals surface area contributed by atoms with Crippen LogP contribution >= 0.6 is 0 Å². The highest BCUT2D eigenvalue weighted by atomic mass is 32.2. The Labute approximate surface area is 156 Å². The normalized spacial score (nSPS) is 25.7. The summed E-state index contributed by atoms with van der Waals surface area (Å²) in [4.78, 5) is 0.402. The molecular weight excluding hydrogens is 342 g/mol. The van der Waals surface area contributed by atoms with E-state index in [0.717, 1.165) is 5.56 Å². The third-order valence-corrected chi connectivity index (χ3v) is 7.73. The zero-order chi connectivity index (χ0) is 18.5. The molecule has 4 heteroatoms. The van der Waals surface area contributed by atoms with Gasteiger partial charge in [-0.05, 0) is 50.3 Å². The number of allylic oxidation sites excluding steroid dienone is 1. The fourth-order valence-electron chi connectivity index (χ4n) is 4.63. The van der Waals surface area contributed by atoms with Gasteiger partial charge in [-0.3, -0.25) is 0 Å². The van der Waals surface area contributed by atoms with E-state index >= 15 is 0 Å². The second-order valence-corrected chi connectivity index (χ2v) is 9.69. The van der Waals surface area contributed by atoms with Gasteiger partial charge in [0.1, 0.15) is 0 Å². The smallest absolute Gasteiger partial charge is 0.207 e. The lowest BCUT2D eigenvalue weighted by atomic mass is 9.59. The Morgan fingerprint density at radius 2 is 1.62 bits per heavy atom. The van der Waals surface area contributed by atoms with Crippen LogP contribution in [0.15, 0.2) is 70.6 Å². The Morgan fingerprint density at radius 1 is 0.962 bits per heavy atom. The Kier molecular flexibility index (Phi) is 4.28. The SMILES string of the molecule is CC(C)=C1[C@H]2CN(S(=O)(=O)c3ccc(C)cc3)C[C@H]2[C@@H]1c1ccccc1. The average Bonchev–Trinajstić information content (AvgIpc) is 2.96. The van der Waals surface area contributed by atoms with Crippen LogP contribution in [0, 0.1) is 18.8 Å². The van der Waals surface area contributed by atoms with E-state index in [1.54, 1.807) is 16.4 Å². The second-order valence-electron chi connectivity index (χ2n) is 7.75. The van der Waals surface area contributed by atoms with Crippen LogP contribution in [-0.4, -0.2) is 25.8 Å². The summed E-state index contributed by atoms with van der Waals surface area (Å²) in [7, 11) is -3.43. The van der Waals surface area contributed by atoms with Crippen LogP contribution in [0.4, 0.5) is 0 Å². The van der Waals surface area contributed by atoms with Gasteiger partial charge in [0.15, 0.2) is 0 Å². The zero-order valence-corrected chi connectivity index (χ0v) is 16.3. The van der Waals surface area contributed by atoms with Crippen LogP contribution < -0.4 is 0 Å². The van der Waals surface area contributed by atoms with Crippen LogP contribution in [-0.2, 0) is 10.0 Å². The molecule has 0 N–H and O–H groups in total. The molecule has 2 aromatic rings. The van der Waals surface area contributed by atoms with E-state index in [2.05, 4.69) is 38.1 Å². The van der Waals surface area contributed by atoms with Crippen molar-refractivity contribution in [1.29, 1.82) is 0 Å². The molecule has 2 aromatic carbocycles. The van der Waals surface area contributed by atoms with Crippen molar-refractivity contribution in [3.63, 3.8) is 0 Å². The number of sulfonamides is 1. The summed E-state index contributed by atoms with van der Waals surface area (Å²) in [6.45, 7) is 7.48. The molecular formula is C22H25NO2S. The molecule has 0 amide bonds. The molecule has 1 aliphatic carbocycles. The largest absolute Gasteiger partial charge is 0.243 e. The van der Waals surface area contributed by atoms with Crippen molar-refractivity contribution in [2.75, 3.05) is 13.1 Å². The van der Waals surface area contributed by atoms with Gasteiger partial charge in [-0.2, -0.15) is 4.31 Å². The fourth-order valence-corrected chi connectivity index (χ4v) is 6.13. The predicted octanol–water partition coefficient (Wildman–Crippen LogP) is 4.37. The Morgan fingerprint density at radius 3 is 2.23 bits per heavy atom. The first-order valence-corrected chi connectivity index (χ1v) is 10.6. The number of rotatable bonds is 3. The highest BCUT2D eigenvalue weighted by molar-refractivity contribution is 7.89. The molecule has 0 spiro atoms. The monoisotopic (exact) mass is 367 g/mol. The maximum absolute atomic E-state index is 13.1. The van der Waals surface area contributed by atoms with Gasteiger partial charge in [0.05, 0.1) is 4.90 Å². The first kappa shape index (κ1) is 17.5. The molecule has 2 aliphatic rings. The predicted molar refractivity (Wildman–Crippen MR) is 104 cm³/mol. The first-order chi connectivity index (χ1) is 12.4. The molecule has 136 valence electrons. The van der Waals surface area contributed by atoms with Gasteiger partial charge in [0, 0.05) is 19.0 Å². The summed E-state index contributed by atoms with van der Waals surface area (Å²) in [6.07, 6.45) is 0. The fraction of sp³-hybridized carbons (Fsp3) is 0.364. The lowest BCUT2D eigenvalue weighted by Crippen LogP contribution is -2.37. The van der Waals surface area contributed by atoms with Crippen LogP contribution in [0.3, 0.4) is 0 Å². The van der Waals surface area contributed by atoms with Crippen molar-refractivity contribution >= 4 is 10.0 Å². The van der Waals surface area contributed by atoms with Crippen molar-refractivity contribution in [2.45, 2.75) is 31.6 Å². The van der Waals surface area contributed by atoms with Crippen LogP contribution in [0.1, 0.15) is 30.9 Å². The van der Waals surface area contributed by atoms with E-state index in [4.69, 9.17) is 0 Å². The molecule has 1 saturated heterocycles. The molecule has 0 radical (unpaired) electrons. The molecule has 26 heavy (non-hydrogen) atoms. The maximum Gasteiger partial charge on any atom is 0.243 e. The molecule has 3 nitrogen and oxygen atoms in total. The van der Waals surface area contributed by atoms with Crippen LogP contribution in [0.5, 0.6) is 0 Å². The van der Waals surface area contributed by atoms with Gasteiger partial charge in [0.2, 0.25) is 10.0 Å². The standard InChI is InChI=1S/C22H25NO2S/c1-15(2)21-19-13-23(26(24,25)18-11-9-16(3)10-12-18)14-20(19)22(21)17-7-5-4-6-8-17/h4-12,19-20,22H,13-14H2,1-3H3/t19-,20+,22-/m0/s1. The van der Waals surface area contributed by atoms with Gasteiger partial charge >= 0.3 is 0 Å². The van der Waals surface area contributed by atoms with Gasteiger partial charge in [-0.15, -0.1) is 0 Å². The summed E-state index contributed by atoms with van der Waals surface area (Å²) in [6, 6.07) is 17.7. The molecule has 0 unspecified atom stereocenters. The summed E-state index contributed by atoms with van der Waals surface area (Å²) in [5, 5.41) is 0. The lowest BCUT2D eigenvalue weighted by Gasteiger charge is -2.44. The lowest BCUT2D eigenvalue weighted by molar-refractivity contribution is 0.295. The van der Waals surface area contributed by atoms with E-state index in [0.29, 0.717) is 35.7 Å². The second kappa shape index (κ2) is 6.36. The number of fused-ring (bicyclic) bond motifs is 1. The molecule has 1 aliphatic heterocycles. The van der Waals surface area contributed by atoms with Crippen LogP contribution in [0.25, 0.3) is 0 Å². The van der Waals surface area contributed by atoms with Gasteiger partial charge in [-0.25, -0.2) is 8.42 Å². The minimum atomic E-state index is -3.43. The minimum absolute atomic E-state index is 0.351.